The summed E-state index contributed by atoms with van der Waals surface area (Å²) < 4.78 is 5.26. The first-order valence-electron chi connectivity index (χ1n) is 10.1. The van der Waals surface area contributed by atoms with E-state index in [4.69, 9.17) is 4.74 Å². The van der Waals surface area contributed by atoms with Gasteiger partial charge in [-0.3, -0.25) is 4.79 Å². The van der Waals surface area contributed by atoms with E-state index in [1.807, 2.05) is 48.2 Å². The highest BCUT2D eigenvalue weighted by molar-refractivity contribution is 7.99. The van der Waals surface area contributed by atoms with Crippen molar-refractivity contribution in [2.24, 2.45) is 0 Å². The van der Waals surface area contributed by atoms with Gasteiger partial charge in [0.15, 0.2) is 0 Å². The summed E-state index contributed by atoms with van der Waals surface area (Å²) in [6.07, 6.45) is 0. The zero-order chi connectivity index (χ0) is 20.9. The Morgan fingerprint density at radius 3 is 2.70 bits per heavy atom. The number of ether oxygens (including phenoxy) is 1. The summed E-state index contributed by atoms with van der Waals surface area (Å²) in [7, 11) is 1.64. The highest BCUT2D eigenvalue weighted by Crippen LogP contribution is 2.36. The van der Waals surface area contributed by atoms with Gasteiger partial charge in [-0.15, -0.1) is 11.8 Å². The number of carbonyl (C=O) groups is 1. The van der Waals surface area contributed by atoms with Gasteiger partial charge in [-0.05, 0) is 48.4 Å². The number of amides is 1. The second-order valence-electron chi connectivity index (χ2n) is 7.47. The van der Waals surface area contributed by atoms with Gasteiger partial charge in [0.2, 0.25) is 0 Å². The lowest BCUT2D eigenvalue weighted by atomic mass is 10.1. The molecule has 0 spiro atoms. The monoisotopic (exact) mass is 418 g/mol. The molecule has 3 aromatic carbocycles. The maximum Gasteiger partial charge on any atom is 0.251 e. The van der Waals surface area contributed by atoms with Crippen molar-refractivity contribution < 1.29 is 9.53 Å². The highest BCUT2D eigenvalue weighted by Gasteiger charge is 2.19. The van der Waals surface area contributed by atoms with Gasteiger partial charge in [-0.1, -0.05) is 42.0 Å². The quantitative estimate of drug-likeness (QED) is 0.609. The number of benzene rings is 3. The SMILES string of the molecule is COc1cccc(CNC(=O)c2ccc3c(c2)N(Cc2ccc(C)cc2)CCS3)c1. The third kappa shape index (κ3) is 4.79. The van der Waals surface area contributed by atoms with Crippen molar-refractivity contribution in [3.63, 3.8) is 0 Å². The fourth-order valence-electron chi connectivity index (χ4n) is 3.56. The van der Waals surface area contributed by atoms with Crippen LogP contribution >= 0.6 is 11.8 Å². The molecule has 4 rings (SSSR count). The molecule has 3 aromatic rings. The van der Waals surface area contributed by atoms with Gasteiger partial charge in [0.1, 0.15) is 5.75 Å². The van der Waals surface area contributed by atoms with Gasteiger partial charge in [-0.2, -0.15) is 0 Å². The van der Waals surface area contributed by atoms with E-state index in [-0.39, 0.29) is 5.91 Å². The van der Waals surface area contributed by atoms with E-state index in [0.717, 1.165) is 35.8 Å². The standard InChI is InChI=1S/C25H26N2O2S/c1-18-6-8-19(9-7-18)17-27-12-13-30-24-11-10-21(15-23(24)27)25(28)26-16-20-4-3-5-22(14-20)29-2/h3-11,14-15H,12-13,16-17H2,1-2H3,(H,26,28). The molecule has 1 heterocycles. The number of aryl methyl sites for hydroxylation is 1. The van der Waals surface area contributed by atoms with Crippen LogP contribution in [-0.4, -0.2) is 25.3 Å². The molecule has 1 aliphatic rings. The van der Waals surface area contributed by atoms with Gasteiger partial charge in [0.05, 0.1) is 12.8 Å². The van der Waals surface area contributed by atoms with Crippen LogP contribution in [0.15, 0.2) is 71.6 Å². The number of hydrogen-bond donors (Lipinski definition) is 1. The van der Waals surface area contributed by atoms with Crippen LogP contribution < -0.4 is 15.0 Å². The number of rotatable bonds is 6. The van der Waals surface area contributed by atoms with Crippen LogP contribution in [0.25, 0.3) is 0 Å². The number of fused-ring (bicyclic) bond motifs is 1. The lowest BCUT2D eigenvalue weighted by Crippen LogP contribution is -2.29. The van der Waals surface area contributed by atoms with Crippen LogP contribution in [-0.2, 0) is 13.1 Å². The predicted molar refractivity (Wildman–Crippen MR) is 124 cm³/mol. The first-order chi connectivity index (χ1) is 14.6. The van der Waals surface area contributed by atoms with E-state index < -0.39 is 0 Å². The van der Waals surface area contributed by atoms with E-state index in [0.29, 0.717) is 12.1 Å². The topological polar surface area (TPSA) is 41.6 Å². The molecule has 0 fully saturated rings. The largest absolute Gasteiger partial charge is 0.497 e. The Balaban J connectivity index is 1.48. The second-order valence-corrected chi connectivity index (χ2v) is 8.61. The summed E-state index contributed by atoms with van der Waals surface area (Å²) in [5, 5.41) is 3.02. The molecule has 1 aliphatic heterocycles. The Kier molecular flexibility index (Phi) is 6.29. The third-order valence-electron chi connectivity index (χ3n) is 5.26. The number of methoxy groups -OCH3 is 1. The molecule has 0 aromatic heterocycles. The summed E-state index contributed by atoms with van der Waals surface area (Å²) in [5.41, 5.74) is 5.39. The highest BCUT2D eigenvalue weighted by atomic mass is 32.2. The fraction of sp³-hybridized carbons (Fsp3) is 0.240. The van der Waals surface area contributed by atoms with Crippen molar-refractivity contribution in [3.8, 4) is 5.75 Å². The number of anilines is 1. The minimum absolute atomic E-state index is 0.0634. The summed E-state index contributed by atoms with van der Waals surface area (Å²) in [6.45, 7) is 4.39. The molecule has 4 nitrogen and oxygen atoms in total. The van der Waals surface area contributed by atoms with Gasteiger partial charge in [-0.25, -0.2) is 0 Å². The van der Waals surface area contributed by atoms with Crippen molar-refractivity contribution in [2.75, 3.05) is 24.3 Å². The molecular formula is C25H26N2O2S. The van der Waals surface area contributed by atoms with E-state index in [1.54, 1.807) is 7.11 Å². The predicted octanol–water partition coefficient (Wildman–Crippen LogP) is 5.05. The number of nitrogens with one attached hydrogen (secondary N) is 1. The molecule has 0 atom stereocenters. The summed E-state index contributed by atoms with van der Waals surface area (Å²) in [6, 6.07) is 22.4. The van der Waals surface area contributed by atoms with Crippen LogP contribution in [0, 0.1) is 6.92 Å². The average molecular weight is 419 g/mol. The summed E-state index contributed by atoms with van der Waals surface area (Å²) in [4.78, 5) is 16.4. The number of hydrogen-bond acceptors (Lipinski definition) is 4. The molecule has 1 amide bonds. The van der Waals surface area contributed by atoms with Gasteiger partial charge >= 0.3 is 0 Å². The maximum atomic E-state index is 12.8. The lowest BCUT2D eigenvalue weighted by Gasteiger charge is -2.31. The normalized spacial score (nSPS) is 12.9. The molecule has 0 saturated heterocycles. The van der Waals surface area contributed by atoms with Crippen LogP contribution in [0.5, 0.6) is 5.75 Å². The molecule has 5 heteroatoms. The molecular weight excluding hydrogens is 392 g/mol. The zero-order valence-electron chi connectivity index (χ0n) is 17.4. The Morgan fingerprint density at radius 1 is 1.07 bits per heavy atom. The van der Waals surface area contributed by atoms with E-state index >= 15 is 0 Å². The van der Waals surface area contributed by atoms with Crippen LogP contribution in [0.2, 0.25) is 0 Å². The first kappa shape index (κ1) is 20.4. The minimum Gasteiger partial charge on any atom is -0.497 e. The number of thioether (sulfide) groups is 1. The molecule has 0 saturated carbocycles. The Bertz CT molecular complexity index is 1030. The molecule has 1 N–H and O–H groups in total. The lowest BCUT2D eigenvalue weighted by molar-refractivity contribution is 0.0951. The average Bonchev–Trinajstić information content (AvgIpc) is 2.79. The fourth-order valence-corrected chi connectivity index (χ4v) is 4.59. The van der Waals surface area contributed by atoms with E-state index in [1.165, 1.54) is 16.0 Å². The molecule has 0 bridgehead atoms. The second kappa shape index (κ2) is 9.26. The Labute approximate surface area is 182 Å². The van der Waals surface area contributed by atoms with Crippen molar-refractivity contribution in [1.82, 2.24) is 5.32 Å². The molecule has 0 aliphatic carbocycles. The Morgan fingerprint density at radius 2 is 1.90 bits per heavy atom. The van der Waals surface area contributed by atoms with Crippen molar-refractivity contribution >= 4 is 23.4 Å². The van der Waals surface area contributed by atoms with Gasteiger partial charge in [0.25, 0.3) is 5.91 Å². The van der Waals surface area contributed by atoms with Gasteiger partial charge < -0.3 is 15.0 Å². The minimum atomic E-state index is -0.0634. The van der Waals surface area contributed by atoms with Crippen molar-refractivity contribution in [2.45, 2.75) is 24.9 Å². The number of carbonyl (C=O) groups excluding carboxylic acids is 1. The molecule has 0 radical (unpaired) electrons. The maximum absolute atomic E-state index is 12.8. The smallest absolute Gasteiger partial charge is 0.251 e. The summed E-state index contributed by atoms with van der Waals surface area (Å²) in [5.74, 6) is 1.78. The van der Waals surface area contributed by atoms with Crippen LogP contribution in [0.4, 0.5) is 5.69 Å². The molecule has 30 heavy (non-hydrogen) atoms. The third-order valence-corrected chi connectivity index (χ3v) is 6.30. The van der Waals surface area contributed by atoms with Crippen LogP contribution in [0.3, 0.4) is 0 Å². The van der Waals surface area contributed by atoms with Crippen molar-refractivity contribution in [3.05, 3.63) is 89.0 Å². The van der Waals surface area contributed by atoms with E-state index in [9.17, 15) is 4.79 Å². The van der Waals surface area contributed by atoms with E-state index in [2.05, 4.69) is 47.5 Å². The van der Waals surface area contributed by atoms with Crippen LogP contribution in [0.1, 0.15) is 27.0 Å². The van der Waals surface area contributed by atoms with Crippen molar-refractivity contribution in [1.29, 1.82) is 0 Å². The number of nitrogens with zero attached hydrogens (tertiary/aromatic N) is 1. The molecule has 154 valence electrons. The zero-order valence-corrected chi connectivity index (χ0v) is 18.2. The Hall–Kier alpha value is -2.92. The summed E-state index contributed by atoms with van der Waals surface area (Å²) >= 11 is 1.85. The molecule has 0 unspecified atom stereocenters. The first-order valence-corrected chi connectivity index (χ1v) is 11.1. The van der Waals surface area contributed by atoms with Gasteiger partial charge in [0, 0.05) is 35.8 Å².